The average Bonchev–Trinajstić information content (AvgIpc) is 2.63. The lowest BCUT2D eigenvalue weighted by atomic mass is 10.2. The summed E-state index contributed by atoms with van der Waals surface area (Å²) in [7, 11) is 6.10. The molecule has 0 aliphatic carbocycles. The van der Waals surface area contributed by atoms with Gasteiger partial charge in [0.15, 0.2) is 0 Å². The van der Waals surface area contributed by atoms with Crippen LogP contribution in [0, 0.1) is 11.3 Å². The van der Waals surface area contributed by atoms with Crippen molar-refractivity contribution >= 4 is 0 Å². The van der Waals surface area contributed by atoms with Crippen LogP contribution in [-0.4, -0.2) is 36.7 Å². The summed E-state index contributed by atoms with van der Waals surface area (Å²) >= 11 is 0. The molecule has 0 unspecified atom stereocenters. The van der Waals surface area contributed by atoms with Crippen molar-refractivity contribution in [2.75, 3.05) is 27.2 Å². The Hall–Kier alpha value is -1.31. The fourth-order valence-electron chi connectivity index (χ4n) is 1.75. The maximum absolute atomic E-state index is 8.83. The molecular weight excluding hydrogens is 212 g/mol. The molecule has 4 heteroatoms. The molecule has 0 aliphatic rings. The molecule has 0 saturated carbocycles. The quantitative estimate of drug-likeness (QED) is 0.724. The Morgan fingerprint density at radius 3 is 2.76 bits per heavy atom. The number of aromatic nitrogens is 1. The van der Waals surface area contributed by atoms with Gasteiger partial charge in [-0.2, -0.15) is 5.26 Å². The Balaban J connectivity index is 2.16. The fraction of sp³-hybridized carbons (Fsp3) is 0.615. The zero-order chi connectivity index (χ0) is 12.7. The lowest BCUT2D eigenvalue weighted by Gasteiger charge is -2.08. The minimum Gasteiger partial charge on any atom is -0.342 e. The molecule has 94 valence electrons. The molecule has 4 nitrogen and oxygen atoms in total. The summed E-state index contributed by atoms with van der Waals surface area (Å²) in [5, 5.41) is 12.2. The highest BCUT2D eigenvalue weighted by Crippen LogP contribution is 2.05. The smallest absolute Gasteiger partial charge is 0.120 e. The molecule has 0 fully saturated rings. The van der Waals surface area contributed by atoms with Gasteiger partial charge in [-0.1, -0.05) is 0 Å². The summed E-state index contributed by atoms with van der Waals surface area (Å²) in [6.07, 6.45) is 4.42. The summed E-state index contributed by atoms with van der Waals surface area (Å²) in [6, 6.07) is 4.11. The number of hydrogen-bond acceptors (Lipinski definition) is 3. The average molecular weight is 234 g/mol. The van der Waals surface area contributed by atoms with Crippen molar-refractivity contribution in [1.29, 1.82) is 5.26 Å². The molecule has 0 aromatic carbocycles. The minimum absolute atomic E-state index is 0.717. The second kappa shape index (κ2) is 7.10. The van der Waals surface area contributed by atoms with Gasteiger partial charge < -0.3 is 14.8 Å². The number of nitrogens with one attached hydrogen (secondary N) is 1. The molecule has 1 aromatic heterocycles. The summed E-state index contributed by atoms with van der Waals surface area (Å²) < 4.78 is 1.86. The molecule has 1 aromatic rings. The third-order valence-electron chi connectivity index (χ3n) is 2.71. The number of hydrogen-bond donors (Lipinski definition) is 1. The van der Waals surface area contributed by atoms with Gasteiger partial charge in [-0.15, -0.1) is 0 Å². The van der Waals surface area contributed by atoms with Gasteiger partial charge in [0.1, 0.15) is 11.8 Å². The molecule has 0 radical (unpaired) electrons. The van der Waals surface area contributed by atoms with Gasteiger partial charge in [-0.05, 0) is 51.7 Å². The lowest BCUT2D eigenvalue weighted by Crippen LogP contribution is -2.17. The first-order valence-corrected chi connectivity index (χ1v) is 6.04. The number of nitrogens with zero attached hydrogens (tertiary/aromatic N) is 3. The van der Waals surface area contributed by atoms with E-state index in [0.29, 0.717) is 0 Å². The molecule has 1 rings (SSSR count). The summed E-state index contributed by atoms with van der Waals surface area (Å²) in [4.78, 5) is 2.20. The highest BCUT2D eigenvalue weighted by atomic mass is 15.0. The Labute approximate surface area is 104 Å². The molecule has 1 heterocycles. The highest BCUT2D eigenvalue weighted by Gasteiger charge is 2.01. The van der Waals surface area contributed by atoms with E-state index in [1.807, 2.05) is 23.9 Å². The van der Waals surface area contributed by atoms with Crippen LogP contribution < -0.4 is 5.32 Å². The van der Waals surface area contributed by atoms with Crippen LogP contribution in [0.5, 0.6) is 0 Å². The van der Waals surface area contributed by atoms with E-state index >= 15 is 0 Å². The normalized spacial score (nSPS) is 10.8. The molecular formula is C13H22N4. The van der Waals surface area contributed by atoms with E-state index in [9.17, 15) is 0 Å². The van der Waals surface area contributed by atoms with Crippen LogP contribution >= 0.6 is 0 Å². The van der Waals surface area contributed by atoms with Crippen molar-refractivity contribution in [1.82, 2.24) is 14.8 Å². The van der Waals surface area contributed by atoms with Crippen molar-refractivity contribution < 1.29 is 0 Å². The van der Waals surface area contributed by atoms with Crippen LogP contribution in [0.3, 0.4) is 0 Å². The second-order valence-corrected chi connectivity index (χ2v) is 4.64. The largest absolute Gasteiger partial charge is 0.342 e. The van der Waals surface area contributed by atoms with Gasteiger partial charge in [0.2, 0.25) is 0 Å². The highest BCUT2D eigenvalue weighted by molar-refractivity contribution is 5.28. The first-order chi connectivity index (χ1) is 8.13. The number of aryl methyl sites for hydroxylation is 1. The standard InChI is InChI=1S/C13H22N4/c1-16(2)7-5-4-6-15-10-12-8-13(9-14)17(3)11-12/h8,11,15H,4-7,10H2,1-3H3. The molecule has 17 heavy (non-hydrogen) atoms. The Bertz CT molecular complexity index is 373. The molecule has 0 bridgehead atoms. The molecule has 1 N–H and O–H groups in total. The van der Waals surface area contributed by atoms with Crippen molar-refractivity contribution in [3.63, 3.8) is 0 Å². The van der Waals surface area contributed by atoms with E-state index in [1.165, 1.54) is 18.4 Å². The van der Waals surface area contributed by atoms with Crippen molar-refractivity contribution in [3.05, 3.63) is 23.5 Å². The van der Waals surface area contributed by atoms with Gasteiger partial charge in [-0.25, -0.2) is 0 Å². The van der Waals surface area contributed by atoms with Gasteiger partial charge in [0, 0.05) is 19.8 Å². The van der Waals surface area contributed by atoms with E-state index in [4.69, 9.17) is 5.26 Å². The molecule has 0 atom stereocenters. The van der Waals surface area contributed by atoms with E-state index in [2.05, 4.69) is 30.4 Å². The van der Waals surface area contributed by atoms with E-state index in [-0.39, 0.29) is 0 Å². The Kier molecular flexibility index (Phi) is 5.75. The number of rotatable bonds is 7. The van der Waals surface area contributed by atoms with Crippen LogP contribution in [0.1, 0.15) is 24.1 Å². The first kappa shape index (κ1) is 13.8. The monoisotopic (exact) mass is 234 g/mol. The predicted molar refractivity (Wildman–Crippen MR) is 69.6 cm³/mol. The molecule has 0 amide bonds. The van der Waals surface area contributed by atoms with Crippen LogP contribution in [0.2, 0.25) is 0 Å². The third kappa shape index (κ3) is 5.03. The third-order valence-corrected chi connectivity index (χ3v) is 2.71. The van der Waals surface area contributed by atoms with E-state index in [0.717, 1.165) is 25.3 Å². The molecule has 0 aliphatic heterocycles. The summed E-state index contributed by atoms with van der Waals surface area (Å²) in [5.41, 5.74) is 1.89. The molecule has 0 spiro atoms. The summed E-state index contributed by atoms with van der Waals surface area (Å²) in [5.74, 6) is 0. The summed E-state index contributed by atoms with van der Waals surface area (Å²) in [6.45, 7) is 3.02. The zero-order valence-electron chi connectivity index (χ0n) is 11.0. The van der Waals surface area contributed by atoms with Gasteiger partial charge >= 0.3 is 0 Å². The van der Waals surface area contributed by atoms with Crippen LogP contribution in [-0.2, 0) is 13.6 Å². The van der Waals surface area contributed by atoms with Crippen LogP contribution in [0.25, 0.3) is 0 Å². The van der Waals surface area contributed by atoms with E-state index in [1.54, 1.807) is 0 Å². The molecule has 0 saturated heterocycles. The van der Waals surface area contributed by atoms with E-state index < -0.39 is 0 Å². The van der Waals surface area contributed by atoms with Crippen LogP contribution in [0.4, 0.5) is 0 Å². The van der Waals surface area contributed by atoms with Crippen LogP contribution in [0.15, 0.2) is 12.3 Å². The SMILES string of the molecule is CN(C)CCCCNCc1cc(C#N)n(C)c1. The van der Waals surface area contributed by atoms with Crippen molar-refractivity contribution in [3.8, 4) is 6.07 Å². The minimum atomic E-state index is 0.717. The zero-order valence-corrected chi connectivity index (χ0v) is 11.0. The maximum atomic E-state index is 8.83. The van der Waals surface area contributed by atoms with Crippen molar-refractivity contribution in [2.24, 2.45) is 7.05 Å². The van der Waals surface area contributed by atoms with Gasteiger partial charge in [0.25, 0.3) is 0 Å². The Morgan fingerprint density at radius 2 is 2.18 bits per heavy atom. The number of nitriles is 1. The number of unbranched alkanes of at least 4 members (excludes halogenated alkanes) is 1. The fourth-order valence-corrected chi connectivity index (χ4v) is 1.75. The van der Waals surface area contributed by atoms with Crippen molar-refractivity contribution in [2.45, 2.75) is 19.4 Å². The lowest BCUT2D eigenvalue weighted by molar-refractivity contribution is 0.391. The second-order valence-electron chi connectivity index (χ2n) is 4.64. The maximum Gasteiger partial charge on any atom is 0.120 e. The Morgan fingerprint density at radius 1 is 1.41 bits per heavy atom. The topological polar surface area (TPSA) is 44.0 Å². The predicted octanol–water partition coefficient (Wildman–Crippen LogP) is 1.33. The van der Waals surface area contributed by atoms with Gasteiger partial charge in [-0.3, -0.25) is 0 Å². The van der Waals surface area contributed by atoms with Gasteiger partial charge in [0.05, 0.1) is 0 Å². The first-order valence-electron chi connectivity index (χ1n) is 6.04.